The van der Waals surface area contributed by atoms with Crippen LogP contribution in [-0.4, -0.2) is 43.9 Å². The number of benzene rings is 1. The summed E-state index contributed by atoms with van der Waals surface area (Å²) in [5.74, 6) is -0.171. The van der Waals surface area contributed by atoms with Crippen LogP contribution in [0.3, 0.4) is 0 Å². The van der Waals surface area contributed by atoms with E-state index in [1.165, 1.54) is 22.1 Å². The molecule has 0 radical (unpaired) electrons. The highest BCUT2D eigenvalue weighted by atomic mass is 35.5. The number of aromatic nitrogens is 4. The van der Waals surface area contributed by atoms with Gasteiger partial charge in [-0.25, -0.2) is 9.78 Å². The van der Waals surface area contributed by atoms with E-state index in [1.54, 1.807) is 37.4 Å². The van der Waals surface area contributed by atoms with Crippen LogP contribution in [0.2, 0.25) is 5.02 Å². The van der Waals surface area contributed by atoms with Crippen molar-refractivity contribution in [1.82, 2.24) is 19.5 Å². The van der Waals surface area contributed by atoms with Gasteiger partial charge in [-0.05, 0) is 38.1 Å². The number of aryl methyl sites for hydroxylation is 3. The highest BCUT2D eigenvalue weighted by Gasteiger charge is 2.20. The van der Waals surface area contributed by atoms with Gasteiger partial charge in [-0.15, -0.1) is 11.3 Å². The van der Waals surface area contributed by atoms with Gasteiger partial charge in [0.1, 0.15) is 24.3 Å². The fraction of sp³-hybridized carbons (Fsp3) is 0.214. The molecule has 0 amide bonds. The maximum Gasteiger partial charge on any atom is 0.338 e. The molecule has 0 aliphatic carbocycles. The lowest BCUT2D eigenvalue weighted by molar-refractivity contribution is 0.0699. The molecule has 5 aromatic rings. The van der Waals surface area contributed by atoms with Crippen LogP contribution in [0.5, 0.6) is 5.75 Å². The third-order valence-corrected chi connectivity index (χ3v) is 7.64. The van der Waals surface area contributed by atoms with Gasteiger partial charge in [0.05, 0.1) is 57.4 Å². The van der Waals surface area contributed by atoms with Gasteiger partial charge >= 0.3 is 5.97 Å². The second kappa shape index (κ2) is 11.0. The summed E-state index contributed by atoms with van der Waals surface area (Å²) in [6.45, 7) is 2.94. The summed E-state index contributed by atoms with van der Waals surface area (Å²) >= 11 is 7.60. The lowest BCUT2D eigenvalue weighted by Gasteiger charge is -2.16. The molecule has 12 heteroatoms. The lowest BCUT2D eigenvalue weighted by atomic mass is 10.0. The van der Waals surface area contributed by atoms with E-state index in [9.17, 15) is 24.3 Å². The molecule has 0 fully saturated rings. The first-order chi connectivity index (χ1) is 19.2. The van der Waals surface area contributed by atoms with Crippen molar-refractivity contribution in [2.45, 2.75) is 26.8 Å². The van der Waals surface area contributed by atoms with Crippen molar-refractivity contribution in [1.29, 1.82) is 5.26 Å². The van der Waals surface area contributed by atoms with E-state index in [4.69, 9.17) is 16.3 Å². The molecule has 0 saturated heterocycles. The number of ether oxygens (including phenoxy) is 1. The molecule has 202 valence electrons. The average molecular weight is 578 g/mol. The van der Waals surface area contributed by atoms with Crippen molar-refractivity contribution < 1.29 is 19.0 Å². The second-order valence-corrected chi connectivity index (χ2v) is 10.3. The van der Waals surface area contributed by atoms with Gasteiger partial charge in [-0.2, -0.15) is 5.26 Å². The maximum atomic E-state index is 13.4. The van der Waals surface area contributed by atoms with Crippen molar-refractivity contribution in [2.24, 2.45) is 0 Å². The summed E-state index contributed by atoms with van der Waals surface area (Å²) in [4.78, 5) is 38.1. The molecule has 1 N–H and O–H groups in total. The number of pyridine rings is 2. The SMILES string of the molecule is Cc1cc(-c2cc(Cl)ccc2OCCn2c(C)nc3cnc(CCF)c(C#N)c3c2=O)c2scc(C(=O)O)c2n1. The molecule has 0 unspecified atom stereocenters. The van der Waals surface area contributed by atoms with Crippen molar-refractivity contribution in [3.63, 3.8) is 0 Å². The highest BCUT2D eigenvalue weighted by molar-refractivity contribution is 7.18. The third-order valence-electron chi connectivity index (χ3n) is 6.40. The highest BCUT2D eigenvalue weighted by Crippen LogP contribution is 2.40. The molecular formula is C28H21ClFN5O4S. The zero-order valence-corrected chi connectivity index (χ0v) is 22.9. The largest absolute Gasteiger partial charge is 0.491 e. The number of nitriles is 1. The molecule has 0 spiro atoms. The van der Waals surface area contributed by atoms with Crippen LogP contribution in [0.25, 0.3) is 32.2 Å². The molecule has 0 atom stereocenters. The average Bonchev–Trinajstić information content (AvgIpc) is 3.35. The monoisotopic (exact) mass is 577 g/mol. The summed E-state index contributed by atoms with van der Waals surface area (Å²) in [6, 6.07) is 8.95. The fourth-order valence-corrected chi connectivity index (χ4v) is 5.78. The van der Waals surface area contributed by atoms with Crippen molar-refractivity contribution in [3.05, 3.63) is 79.6 Å². The van der Waals surface area contributed by atoms with Gasteiger partial charge in [-0.3, -0.25) is 23.7 Å². The Morgan fingerprint density at radius 1 is 1.25 bits per heavy atom. The van der Waals surface area contributed by atoms with Crippen molar-refractivity contribution in [2.75, 3.05) is 13.3 Å². The Labute approximate surface area is 236 Å². The minimum Gasteiger partial charge on any atom is -0.491 e. The normalized spacial score (nSPS) is 11.2. The topological polar surface area (TPSA) is 131 Å². The van der Waals surface area contributed by atoms with Gasteiger partial charge < -0.3 is 9.84 Å². The van der Waals surface area contributed by atoms with Crippen molar-refractivity contribution >= 4 is 50.0 Å². The fourth-order valence-electron chi connectivity index (χ4n) is 4.60. The predicted octanol–water partition coefficient (Wildman–Crippen LogP) is 5.50. The number of nitrogens with zero attached hydrogens (tertiary/aromatic N) is 5. The number of hydrogen-bond acceptors (Lipinski definition) is 8. The minimum atomic E-state index is -1.06. The number of fused-ring (bicyclic) bond motifs is 2. The first-order valence-electron chi connectivity index (χ1n) is 12.1. The first kappa shape index (κ1) is 27.2. The Kier molecular flexibility index (Phi) is 7.47. The number of thiophene rings is 1. The molecule has 1 aromatic carbocycles. The smallest absolute Gasteiger partial charge is 0.338 e. The van der Waals surface area contributed by atoms with E-state index in [2.05, 4.69) is 15.0 Å². The van der Waals surface area contributed by atoms with Gasteiger partial charge in [-0.1, -0.05) is 11.6 Å². The van der Waals surface area contributed by atoms with Crippen LogP contribution in [0.1, 0.15) is 33.1 Å². The van der Waals surface area contributed by atoms with E-state index < -0.39 is 18.2 Å². The summed E-state index contributed by atoms with van der Waals surface area (Å²) < 4.78 is 21.2. The number of carboxylic acid groups (broad SMARTS) is 1. The van der Waals surface area contributed by atoms with Crippen molar-refractivity contribution in [3.8, 4) is 22.9 Å². The summed E-state index contributed by atoms with van der Waals surface area (Å²) in [5.41, 5.74) is 2.59. The number of alkyl halides is 1. The van der Waals surface area contributed by atoms with E-state index in [0.717, 1.165) is 5.56 Å². The molecule has 0 aliphatic rings. The van der Waals surface area contributed by atoms with Crippen LogP contribution in [-0.2, 0) is 13.0 Å². The molecule has 5 rings (SSSR count). The number of halogens is 2. The van der Waals surface area contributed by atoms with Crippen LogP contribution >= 0.6 is 22.9 Å². The molecule has 9 nitrogen and oxygen atoms in total. The number of carboxylic acids is 1. The molecule has 4 heterocycles. The number of hydrogen-bond donors (Lipinski definition) is 1. The quantitative estimate of drug-likeness (QED) is 0.256. The molecule has 40 heavy (non-hydrogen) atoms. The van der Waals surface area contributed by atoms with E-state index in [-0.39, 0.29) is 47.3 Å². The van der Waals surface area contributed by atoms with E-state index >= 15 is 0 Å². The van der Waals surface area contributed by atoms with Gasteiger partial charge in [0.2, 0.25) is 0 Å². The predicted molar refractivity (Wildman–Crippen MR) is 150 cm³/mol. The Morgan fingerprint density at radius 2 is 2.05 bits per heavy atom. The van der Waals surface area contributed by atoms with Gasteiger partial charge in [0.25, 0.3) is 5.56 Å². The maximum absolute atomic E-state index is 13.4. The number of carbonyl (C=O) groups is 1. The van der Waals surface area contributed by atoms with Crippen LogP contribution < -0.4 is 10.3 Å². The standard InChI is InChI=1S/C28H21ClFN5O4S/c1-14-9-18(26-25(33-14)20(13-40-26)28(37)38)17-10-16(29)3-4-23(17)39-8-7-35-15(2)34-22-12-32-21(5-6-30)19(11-31)24(22)27(35)36/h3-4,9-10,12-13H,5-8H2,1-2H3,(H,37,38). The summed E-state index contributed by atoms with van der Waals surface area (Å²) in [7, 11) is 0. The van der Waals surface area contributed by atoms with Crippen LogP contribution in [0, 0.1) is 25.2 Å². The Morgan fingerprint density at radius 3 is 2.77 bits per heavy atom. The Balaban J connectivity index is 1.51. The molecular weight excluding hydrogens is 557 g/mol. The zero-order chi connectivity index (χ0) is 28.6. The van der Waals surface area contributed by atoms with E-state index in [1.807, 2.05) is 12.1 Å². The Hall–Kier alpha value is -4.40. The molecule has 4 aromatic heterocycles. The minimum absolute atomic E-state index is 0.0241. The molecule has 0 aliphatic heterocycles. The lowest BCUT2D eigenvalue weighted by Crippen LogP contribution is -2.27. The first-order valence-corrected chi connectivity index (χ1v) is 13.4. The zero-order valence-electron chi connectivity index (χ0n) is 21.4. The summed E-state index contributed by atoms with van der Waals surface area (Å²) in [6.07, 6.45) is 1.31. The third kappa shape index (κ3) is 4.87. The van der Waals surface area contributed by atoms with Crippen LogP contribution in [0.15, 0.2) is 40.6 Å². The van der Waals surface area contributed by atoms with Gasteiger partial charge in [0, 0.05) is 33.6 Å². The van der Waals surface area contributed by atoms with Gasteiger partial charge in [0.15, 0.2) is 0 Å². The number of aromatic carboxylic acids is 1. The van der Waals surface area contributed by atoms with Crippen LogP contribution in [0.4, 0.5) is 4.39 Å². The summed E-state index contributed by atoms with van der Waals surface area (Å²) in [5, 5.41) is 21.4. The Bertz CT molecular complexity index is 1910. The van der Waals surface area contributed by atoms with E-state index in [0.29, 0.717) is 38.1 Å². The second-order valence-electron chi connectivity index (χ2n) is 8.94. The number of rotatable bonds is 8. The molecule has 0 saturated carbocycles. The molecule has 0 bridgehead atoms.